The molecule has 0 rings (SSSR count). The van der Waals surface area contributed by atoms with Crippen molar-refractivity contribution >= 4 is 17.7 Å². The van der Waals surface area contributed by atoms with Crippen molar-refractivity contribution < 1.29 is 4.79 Å². The maximum Gasteiger partial charge on any atom is 0.230 e. The lowest BCUT2D eigenvalue weighted by atomic mass is 10.5. The zero-order chi connectivity index (χ0) is 10.3. The molecule has 1 amide bonds. The summed E-state index contributed by atoms with van der Waals surface area (Å²) in [7, 11) is 0. The van der Waals surface area contributed by atoms with Gasteiger partial charge in [0.25, 0.3) is 0 Å². The normalized spacial score (nSPS) is 13.2. The number of amides is 1. The Morgan fingerprint density at radius 1 is 1.46 bits per heavy atom. The van der Waals surface area contributed by atoms with Gasteiger partial charge in [0.15, 0.2) is 0 Å². The molecular formula is C9H20N2OS. The first-order valence-electron chi connectivity index (χ1n) is 4.75. The molecule has 0 aromatic carbocycles. The standard InChI is InChI=1S/C9H20N2OS/c1-4-11(5-2)6-7-13-8(3)9(10)12/h8H,4-7H2,1-3H3,(H2,10,12). The number of thioether (sulfide) groups is 1. The molecule has 1 atom stereocenters. The lowest BCUT2D eigenvalue weighted by molar-refractivity contribution is -0.117. The second-order valence-electron chi connectivity index (χ2n) is 2.94. The first kappa shape index (κ1) is 12.8. The van der Waals surface area contributed by atoms with Crippen LogP contribution < -0.4 is 5.73 Å². The van der Waals surface area contributed by atoms with Crippen LogP contribution in [0.1, 0.15) is 20.8 Å². The van der Waals surface area contributed by atoms with E-state index < -0.39 is 0 Å². The van der Waals surface area contributed by atoms with Gasteiger partial charge >= 0.3 is 0 Å². The predicted molar refractivity (Wildman–Crippen MR) is 58.9 cm³/mol. The van der Waals surface area contributed by atoms with E-state index in [9.17, 15) is 4.79 Å². The molecule has 78 valence electrons. The van der Waals surface area contributed by atoms with Crippen molar-refractivity contribution in [2.45, 2.75) is 26.0 Å². The fraction of sp³-hybridized carbons (Fsp3) is 0.889. The molecule has 0 aliphatic heterocycles. The molecule has 0 saturated heterocycles. The van der Waals surface area contributed by atoms with E-state index >= 15 is 0 Å². The van der Waals surface area contributed by atoms with Gasteiger partial charge in [0.2, 0.25) is 5.91 Å². The monoisotopic (exact) mass is 204 g/mol. The number of nitrogens with two attached hydrogens (primary N) is 1. The van der Waals surface area contributed by atoms with E-state index in [1.807, 2.05) is 6.92 Å². The predicted octanol–water partition coefficient (Wildman–Crippen LogP) is 0.935. The molecule has 0 spiro atoms. The van der Waals surface area contributed by atoms with Gasteiger partial charge in [-0.15, -0.1) is 11.8 Å². The molecule has 0 fully saturated rings. The number of primary amides is 1. The van der Waals surface area contributed by atoms with Crippen molar-refractivity contribution in [3.63, 3.8) is 0 Å². The Kier molecular flexibility index (Phi) is 7.09. The maximum absolute atomic E-state index is 10.7. The second-order valence-corrected chi connectivity index (χ2v) is 4.39. The van der Waals surface area contributed by atoms with E-state index in [0.29, 0.717) is 0 Å². The van der Waals surface area contributed by atoms with Gasteiger partial charge in [0, 0.05) is 12.3 Å². The van der Waals surface area contributed by atoms with Crippen LogP contribution in [0.5, 0.6) is 0 Å². The SMILES string of the molecule is CCN(CC)CCSC(C)C(N)=O. The number of nitrogens with zero attached hydrogens (tertiary/aromatic N) is 1. The molecule has 0 aliphatic rings. The molecule has 0 heterocycles. The lowest BCUT2D eigenvalue weighted by Gasteiger charge is -2.18. The Hall–Kier alpha value is -0.220. The van der Waals surface area contributed by atoms with Gasteiger partial charge in [-0.25, -0.2) is 0 Å². The maximum atomic E-state index is 10.7. The first-order valence-corrected chi connectivity index (χ1v) is 5.79. The largest absolute Gasteiger partial charge is 0.369 e. The molecule has 4 heteroatoms. The zero-order valence-corrected chi connectivity index (χ0v) is 9.56. The summed E-state index contributed by atoms with van der Waals surface area (Å²) in [5, 5.41) is -0.0597. The molecule has 0 bridgehead atoms. The number of rotatable bonds is 7. The van der Waals surface area contributed by atoms with E-state index in [2.05, 4.69) is 18.7 Å². The van der Waals surface area contributed by atoms with Crippen LogP contribution in [0.15, 0.2) is 0 Å². The Morgan fingerprint density at radius 2 is 2.00 bits per heavy atom. The summed E-state index contributed by atoms with van der Waals surface area (Å²) in [6, 6.07) is 0. The Balaban J connectivity index is 3.48. The first-order chi connectivity index (χ1) is 6.11. The van der Waals surface area contributed by atoms with Crippen molar-refractivity contribution in [3.8, 4) is 0 Å². The molecule has 3 nitrogen and oxygen atoms in total. The Labute approximate surface area is 85.0 Å². The van der Waals surface area contributed by atoms with Crippen LogP contribution in [0.4, 0.5) is 0 Å². The van der Waals surface area contributed by atoms with Gasteiger partial charge in [0.1, 0.15) is 0 Å². The fourth-order valence-electron chi connectivity index (χ4n) is 0.981. The van der Waals surface area contributed by atoms with Crippen LogP contribution >= 0.6 is 11.8 Å². The van der Waals surface area contributed by atoms with Gasteiger partial charge in [-0.05, 0) is 20.0 Å². The molecule has 0 aromatic rings. The van der Waals surface area contributed by atoms with E-state index in [4.69, 9.17) is 5.73 Å². The summed E-state index contributed by atoms with van der Waals surface area (Å²) in [6.07, 6.45) is 0. The van der Waals surface area contributed by atoms with Gasteiger partial charge in [-0.2, -0.15) is 0 Å². The minimum absolute atomic E-state index is 0.0597. The van der Waals surface area contributed by atoms with Crippen molar-refractivity contribution in [1.82, 2.24) is 4.90 Å². The molecule has 0 aromatic heterocycles. The third-order valence-electron chi connectivity index (χ3n) is 2.07. The smallest absolute Gasteiger partial charge is 0.230 e. The van der Waals surface area contributed by atoms with Crippen LogP contribution in [0.25, 0.3) is 0 Å². The van der Waals surface area contributed by atoms with Crippen LogP contribution in [0.2, 0.25) is 0 Å². The highest BCUT2D eigenvalue weighted by Crippen LogP contribution is 2.09. The summed E-state index contributed by atoms with van der Waals surface area (Å²) in [6.45, 7) is 9.33. The Bertz CT molecular complexity index is 149. The van der Waals surface area contributed by atoms with Gasteiger partial charge in [-0.3, -0.25) is 4.79 Å². The second kappa shape index (κ2) is 7.21. The van der Waals surface area contributed by atoms with Crippen LogP contribution in [0, 0.1) is 0 Å². The van der Waals surface area contributed by atoms with Gasteiger partial charge in [0.05, 0.1) is 5.25 Å². The highest BCUT2D eigenvalue weighted by atomic mass is 32.2. The van der Waals surface area contributed by atoms with Gasteiger partial charge < -0.3 is 10.6 Å². The molecule has 13 heavy (non-hydrogen) atoms. The van der Waals surface area contributed by atoms with E-state index in [1.54, 1.807) is 11.8 Å². The summed E-state index contributed by atoms with van der Waals surface area (Å²) < 4.78 is 0. The van der Waals surface area contributed by atoms with Crippen LogP contribution in [0.3, 0.4) is 0 Å². The summed E-state index contributed by atoms with van der Waals surface area (Å²) in [5.74, 6) is 0.760. The summed E-state index contributed by atoms with van der Waals surface area (Å²) in [4.78, 5) is 13.0. The molecular weight excluding hydrogens is 184 g/mol. The third-order valence-corrected chi connectivity index (χ3v) is 3.22. The average molecular weight is 204 g/mol. The van der Waals surface area contributed by atoms with Crippen LogP contribution in [-0.4, -0.2) is 41.4 Å². The number of hydrogen-bond donors (Lipinski definition) is 1. The van der Waals surface area contributed by atoms with Crippen molar-refractivity contribution in [2.75, 3.05) is 25.4 Å². The number of carbonyl (C=O) groups excluding carboxylic acids is 1. The summed E-state index contributed by atoms with van der Waals surface area (Å²) in [5.41, 5.74) is 5.14. The molecule has 2 N–H and O–H groups in total. The highest BCUT2D eigenvalue weighted by molar-refractivity contribution is 8.00. The minimum atomic E-state index is -0.218. The van der Waals surface area contributed by atoms with Crippen LogP contribution in [-0.2, 0) is 4.79 Å². The van der Waals surface area contributed by atoms with E-state index in [1.165, 1.54) is 0 Å². The third kappa shape index (κ3) is 5.93. The fourth-order valence-corrected chi connectivity index (χ4v) is 1.86. The van der Waals surface area contributed by atoms with Crippen molar-refractivity contribution in [3.05, 3.63) is 0 Å². The quantitative estimate of drug-likeness (QED) is 0.671. The minimum Gasteiger partial charge on any atom is -0.369 e. The van der Waals surface area contributed by atoms with Crippen molar-refractivity contribution in [2.24, 2.45) is 5.73 Å². The van der Waals surface area contributed by atoms with Gasteiger partial charge in [-0.1, -0.05) is 13.8 Å². The summed E-state index contributed by atoms with van der Waals surface area (Å²) >= 11 is 1.63. The van der Waals surface area contributed by atoms with Crippen molar-refractivity contribution in [1.29, 1.82) is 0 Å². The average Bonchev–Trinajstić information content (AvgIpc) is 2.12. The van der Waals surface area contributed by atoms with E-state index in [0.717, 1.165) is 25.4 Å². The zero-order valence-electron chi connectivity index (χ0n) is 8.75. The molecule has 1 unspecified atom stereocenters. The Morgan fingerprint density at radius 3 is 2.38 bits per heavy atom. The number of hydrogen-bond acceptors (Lipinski definition) is 3. The topological polar surface area (TPSA) is 46.3 Å². The molecule has 0 saturated carbocycles. The number of carbonyl (C=O) groups is 1. The highest BCUT2D eigenvalue weighted by Gasteiger charge is 2.08. The van der Waals surface area contributed by atoms with E-state index in [-0.39, 0.29) is 11.2 Å². The lowest BCUT2D eigenvalue weighted by Crippen LogP contribution is -2.28. The molecule has 0 aliphatic carbocycles. The molecule has 0 radical (unpaired) electrons.